The van der Waals surface area contributed by atoms with Crippen molar-refractivity contribution in [1.29, 1.82) is 0 Å². The zero-order chi connectivity index (χ0) is 18.4. The molecule has 2 aromatic heterocycles. The predicted octanol–water partition coefficient (Wildman–Crippen LogP) is 0.367. The van der Waals surface area contributed by atoms with Crippen molar-refractivity contribution < 1.29 is 9.90 Å². The number of nitrogens with zero attached hydrogens (tertiary/aromatic N) is 3. The third kappa shape index (κ3) is 3.89. The molecule has 3 N–H and O–H groups in total. The number of rotatable bonds is 6. The third-order valence-electron chi connectivity index (χ3n) is 3.34. The zero-order valence-corrected chi connectivity index (χ0v) is 13.5. The van der Waals surface area contributed by atoms with Gasteiger partial charge in [0.1, 0.15) is 5.56 Å². The van der Waals surface area contributed by atoms with Gasteiger partial charge in [-0.2, -0.15) is 5.10 Å². The fraction of sp³-hybridized carbons (Fsp3) is 0.188. The van der Waals surface area contributed by atoms with E-state index in [1.165, 1.54) is 30.6 Å². The van der Waals surface area contributed by atoms with Crippen LogP contribution >= 0.6 is 0 Å². The lowest BCUT2D eigenvalue weighted by atomic mass is 10.1. The molecular weight excluding hydrogens is 326 g/mol. The van der Waals surface area contributed by atoms with Crippen molar-refractivity contribution in [3.63, 3.8) is 0 Å². The van der Waals surface area contributed by atoms with Crippen molar-refractivity contribution in [3.05, 3.63) is 69.1 Å². The van der Waals surface area contributed by atoms with Crippen molar-refractivity contribution in [2.24, 2.45) is 5.10 Å². The number of aromatic amines is 1. The average Bonchev–Trinajstić information content (AvgIpc) is 2.61. The maximum atomic E-state index is 12.1. The van der Waals surface area contributed by atoms with E-state index in [0.29, 0.717) is 5.56 Å². The molecule has 25 heavy (non-hydrogen) atoms. The maximum absolute atomic E-state index is 12.1. The number of hydrazone groups is 1. The number of H-pyrrole nitrogens is 1. The first-order valence-electron chi connectivity index (χ1n) is 7.43. The van der Waals surface area contributed by atoms with E-state index in [-0.39, 0.29) is 24.2 Å². The van der Waals surface area contributed by atoms with E-state index in [4.69, 9.17) is 0 Å². The van der Waals surface area contributed by atoms with Gasteiger partial charge in [0.05, 0.1) is 5.71 Å². The van der Waals surface area contributed by atoms with Crippen molar-refractivity contribution in [1.82, 2.24) is 20.0 Å². The van der Waals surface area contributed by atoms with Crippen LogP contribution in [0.5, 0.6) is 5.88 Å². The van der Waals surface area contributed by atoms with E-state index < -0.39 is 23.0 Å². The van der Waals surface area contributed by atoms with E-state index in [1.807, 2.05) is 0 Å². The summed E-state index contributed by atoms with van der Waals surface area (Å²) in [6, 6.07) is 3.01. The van der Waals surface area contributed by atoms with E-state index in [9.17, 15) is 19.5 Å². The van der Waals surface area contributed by atoms with Crippen LogP contribution < -0.4 is 16.7 Å². The zero-order valence-electron chi connectivity index (χ0n) is 13.5. The highest BCUT2D eigenvalue weighted by atomic mass is 16.3. The molecule has 0 atom stereocenters. The summed E-state index contributed by atoms with van der Waals surface area (Å²) in [4.78, 5) is 41.8. The maximum Gasteiger partial charge on any atom is 0.331 e. The Hall–Kier alpha value is -3.49. The Balaban J connectivity index is 2.42. The summed E-state index contributed by atoms with van der Waals surface area (Å²) < 4.78 is 0.944. The summed E-state index contributed by atoms with van der Waals surface area (Å²) in [7, 11) is 0. The first-order valence-corrected chi connectivity index (χ1v) is 7.43. The van der Waals surface area contributed by atoms with Crippen LogP contribution in [0.2, 0.25) is 0 Å². The first-order chi connectivity index (χ1) is 12.0. The molecule has 9 heteroatoms. The normalized spacial score (nSPS) is 11.2. The fourth-order valence-corrected chi connectivity index (χ4v) is 2.12. The molecule has 1 amide bonds. The minimum Gasteiger partial charge on any atom is -0.494 e. The monoisotopic (exact) mass is 343 g/mol. The largest absolute Gasteiger partial charge is 0.494 e. The van der Waals surface area contributed by atoms with Crippen LogP contribution in [-0.4, -0.2) is 31.3 Å². The van der Waals surface area contributed by atoms with Crippen molar-refractivity contribution in [3.8, 4) is 5.88 Å². The summed E-state index contributed by atoms with van der Waals surface area (Å²) in [5, 5.41) is 14.2. The van der Waals surface area contributed by atoms with Gasteiger partial charge in [-0.05, 0) is 18.6 Å². The number of nitrogens with one attached hydrogen (secondary N) is 2. The topological polar surface area (TPSA) is 129 Å². The van der Waals surface area contributed by atoms with Gasteiger partial charge in [-0.1, -0.05) is 13.0 Å². The van der Waals surface area contributed by atoms with Crippen molar-refractivity contribution >= 4 is 11.6 Å². The highest BCUT2D eigenvalue weighted by molar-refractivity contribution is 6.03. The molecule has 9 nitrogen and oxygen atoms in total. The molecule has 2 aromatic rings. The highest BCUT2D eigenvalue weighted by Crippen LogP contribution is 2.13. The van der Waals surface area contributed by atoms with Gasteiger partial charge < -0.3 is 5.11 Å². The molecule has 2 heterocycles. The quantitative estimate of drug-likeness (QED) is 0.396. The molecule has 0 fully saturated rings. The number of hydrogen-bond donors (Lipinski definition) is 3. The molecule has 0 aromatic carbocycles. The van der Waals surface area contributed by atoms with Gasteiger partial charge in [-0.3, -0.25) is 24.1 Å². The molecule has 0 bridgehead atoms. The van der Waals surface area contributed by atoms with E-state index >= 15 is 0 Å². The van der Waals surface area contributed by atoms with Gasteiger partial charge in [-0.25, -0.2) is 10.2 Å². The van der Waals surface area contributed by atoms with Gasteiger partial charge in [0.2, 0.25) is 5.88 Å². The van der Waals surface area contributed by atoms with Crippen LogP contribution in [0.15, 0.2) is 51.9 Å². The van der Waals surface area contributed by atoms with Crippen LogP contribution in [0.4, 0.5) is 0 Å². The number of aromatic hydroxyl groups is 1. The summed E-state index contributed by atoms with van der Waals surface area (Å²) in [6.45, 7) is 5.20. The molecule has 0 unspecified atom stereocenters. The molecule has 0 saturated carbocycles. The Labute approximate surface area is 142 Å². The number of hydrogen-bond acceptors (Lipinski definition) is 6. The van der Waals surface area contributed by atoms with Crippen molar-refractivity contribution in [2.75, 3.05) is 0 Å². The second-order valence-electron chi connectivity index (χ2n) is 4.95. The molecule has 2 rings (SSSR count). The van der Waals surface area contributed by atoms with Gasteiger partial charge in [0, 0.05) is 24.5 Å². The Kier molecular flexibility index (Phi) is 5.62. The average molecular weight is 343 g/mol. The molecular formula is C16H17N5O4. The van der Waals surface area contributed by atoms with E-state index in [0.717, 1.165) is 4.57 Å². The molecule has 0 radical (unpaired) electrons. The minimum atomic E-state index is -0.790. The van der Waals surface area contributed by atoms with E-state index in [1.54, 1.807) is 6.92 Å². The number of pyridine rings is 1. The Morgan fingerprint density at radius 2 is 2.12 bits per heavy atom. The molecule has 0 spiro atoms. The number of aromatic nitrogens is 3. The number of carbonyl (C=O) groups excluding carboxylic acids is 1. The van der Waals surface area contributed by atoms with Crippen LogP contribution in [0, 0.1) is 0 Å². The summed E-state index contributed by atoms with van der Waals surface area (Å²) >= 11 is 0. The second-order valence-corrected chi connectivity index (χ2v) is 4.95. The first kappa shape index (κ1) is 17.9. The van der Waals surface area contributed by atoms with Gasteiger partial charge in [0.25, 0.3) is 11.5 Å². The Bertz CT molecular complexity index is 928. The molecule has 130 valence electrons. The predicted molar refractivity (Wildman–Crippen MR) is 91.7 cm³/mol. The van der Waals surface area contributed by atoms with Gasteiger partial charge in [0.15, 0.2) is 0 Å². The summed E-state index contributed by atoms with van der Waals surface area (Å²) in [5.74, 6) is -1.03. The van der Waals surface area contributed by atoms with Crippen LogP contribution in [0.1, 0.15) is 29.3 Å². The van der Waals surface area contributed by atoms with E-state index in [2.05, 4.69) is 27.1 Å². The summed E-state index contributed by atoms with van der Waals surface area (Å²) in [6.07, 6.45) is 4.55. The van der Waals surface area contributed by atoms with Crippen LogP contribution in [0.25, 0.3) is 0 Å². The highest BCUT2D eigenvalue weighted by Gasteiger charge is 2.18. The Morgan fingerprint density at radius 1 is 1.44 bits per heavy atom. The van der Waals surface area contributed by atoms with Gasteiger partial charge >= 0.3 is 5.69 Å². The molecule has 0 saturated heterocycles. The second kappa shape index (κ2) is 7.86. The smallest absolute Gasteiger partial charge is 0.331 e. The van der Waals surface area contributed by atoms with Crippen LogP contribution in [-0.2, 0) is 6.54 Å². The molecule has 0 aliphatic rings. The van der Waals surface area contributed by atoms with Crippen LogP contribution in [0.3, 0.4) is 0 Å². The molecule has 0 aliphatic heterocycles. The number of carbonyl (C=O) groups is 1. The lowest BCUT2D eigenvalue weighted by Crippen LogP contribution is -2.34. The molecule has 0 aliphatic carbocycles. The lowest BCUT2D eigenvalue weighted by Gasteiger charge is -2.10. The fourth-order valence-electron chi connectivity index (χ4n) is 2.12. The van der Waals surface area contributed by atoms with Crippen molar-refractivity contribution in [2.45, 2.75) is 19.9 Å². The number of allylic oxidation sites excluding steroid dienone is 1. The standard InChI is InChI=1S/C16H17N5O4/c1-3-9-21-15(24)12(14(23)18-16(21)25)11(4-2)19-20-13(22)10-5-7-17-8-6-10/h3,5-8,24H,1,4,9H2,2H3,(H,20,22)(H,18,23,25). The van der Waals surface area contributed by atoms with Gasteiger partial charge in [-0.15, -0.1) is 6.58 Å². The lowest BCUT2D eigenvalue weighted by molar-refractivity contribution is 0.0954. The summed E-state index contributed by atoms with van der Waals surface area (Å²) in [5.41, 5.74) is 1.05. The Morgan fingerprint density at radius 3 is 2.72 bits per heavy atom. The number of amides is 1. The SMILES string of the molecule is C=CCn1c(O)c(C(CC)=NNC(=O)c2ccncc2)c(=O)[nH]c1=O. The minimum absolute atomic E-state index is 0.00875. The third-order valence-corrected chi connectivity index (χ3v) is 3.34.